The summed E-state index contributed by atoms with van der Waals surface area (Å²) < 4.78 is 13.3. The molecule has 0 spiro atoms. The highest BCUT2D eigenvalue weighted by Crippen LogP contribution is 2.53. The van der Waals surface area contributed by atoms with E-state index in [1.165, 1.54) is 22.3 Å². The summed E-state index contributed by atoms with van der Waals surface area (Å²) in [6, 6.07) is 4.37. The topological polar surface area (TPSA) is 37.3 Å². The van der Waals surface area contributed by atoms with Crippen LogP contribution in [0.15, 0.2) is 41.4 Å². The maximum absolute atomic E-state index is 13.3. The average molecular weight is 409 g/mol. The lowest BCUT2D eigenvalue weighted by atomic mass is 9.60. The van der Waals surface area contributed by atoms with Crippen molar-refractivity contribution in [2.24, 2.45) is 17.8 Å². The first-order valence-corrected chi connectivity index (χ1v) is 11.5. The molecule has 0 aromatic heterocycles. The highest BCUT2D eigenvalue weighted by molar-refractivity contribution is 6.23. The molecular formula is C27H33FO2. The maximum Gasteiger partial charge on any atom is 0.167 e. The van der Waals surface area contributed by atoms with Crippen molar-refractivity contribution >= 4 is 11.4 Å². The zero-order valence-corrected chi connectivity index (χ0v) is 18.6. The highest BCUT2D eigenvalue weighted by Gasteiger charge is 2.46. The van der Waals surface area contributed by atoms with Gasteiger partial charge < -0.3 is 5.11 Å². The molecule has 1 aromatic carbocycles. The number of hydrogen-bond donors (Lipinski definition) is 1. The van der Waals surface area contributed by atoms with Gasteiger partial charge in [0, 0.05) is 18.8 Å². The van der Waals surface area contributed by atoms with Crippen molar-refractivity contribution in [2.45, 2.75) is 72.1 Å². The molecule has 0 heterocycles. The van der Waals surface area contributed by atoms with E-state index in [0.717, 1.165) is 31.2 Å². The molecule has 30 heavy (non-hydrogen) atoms. The number of aliphatic hydroxyl groups excluding tert-OH is 1. The summed E-state index contributed by atoms with van der Waals surface area (Å²) in [5, 5.41) is 11.2. The minimum absolute atomic E-state index is 0.00406. The molecule has 2 nitrogen and oxygen atoms in total. The molecular weight excluding hydrogens is 375 g/mol. The number of Topliss-reactive ketones (excluding diaryl/α,β-unsaturated/α-hetero) is 1. The Balaban J connectivity index is 1.63. The van der Waals surface area contributed by atoms with Gasteiger partial charge in [0.2, 0.25) is 0 Å². The Morgan fingerprint density at radius 3 is 2.67 bits per heavy atom. The van der Waals surface area contributed by atoms with E-state index in [0.29, 0.717) is 30.1 Å². The molecule has 1 N–H and O–H groups in total. The number of halogens is 1. The summed E-state index contributed by atoms with van der Waals surface area (Å²) in [6.07, 6.45) is 8.07. The molecule has 160 valence electrons. The van der Waals surface area contributed by atoms with E-state index in [1.807, 2.05) is 6.08 Å². The summed E-state index contributed by atoms with van der Waals surface area (Å²) in [4.78, 5) is 13.2. The standard InChI is InChI=1S/C27H33FO2/c1-5-19-12-15(2)13-22-17(4)24-21(14-23(29)26(25(19)22)27(24)30)16(3)6-7-18-8-10-20(28)11-9-18/h8,10,12-13,16-17,21,24,30H,5-7,9,11,14H2,1-4H3/t16-,17+,21?,24?/m1/s1. The third kappa shape index (κ3) is 3.57. The number of fused-ring (bicyclic) bond motifs is 3. The fourth-order valence-electron chi connectivity index (χ4n) is 5.90. The number of benzene rings is 1. The van der Waals surface area contributed by atoms with E-state index in [4.69, 9.17) is 0 Å². The van der Waals surface area contributed by atoms with Gasteiger partial charge in [0.05, 0.1) is 5.57 Å². The van der Waals surface area contributed by atoms with E-state index >= 15 is 0 Å². The number of rotatable bonds is 5. The minimum atomic E-state index is -0.0382. The predicted molar refractivity (Wildman–Crippen MR) is 120 cm³/mol. The normalized spacial score (nSPS) is 26.8. The Morgan fingerprint density at radius 2 is 2.00 bits per heavy atom. The van der Waals surface area contributed by atoms with Crippen molar-refractivity contribution in [1.29, 1.82) is 0 Å². The third-order valence-corrected chi connectivity index (χ3v) is 7.62. The third-order valence-electron chi connectivity index (χ3n) is 7.62. The van der Waals surface area contributed by atoms with Gasteiger partial charge in [-0.05, 0) is 73.1 Å². The van der Waals surface area contributed by atoms with Crippen molar-refractivity contribution in [3.63, 3.8) is 0 Å². The predicted octanol–water partition coefficient (Wildman–Crippen LogP) is 7.14. The maximum atomic E-state index is 13.3. The van der Waals surface area contributed by atoms with Gasteiger partial charge in [0.1, 0.15) is 11.6 Å². The van der Waals surface area contributed by atoms with E-state index < -0.39 is 0 Å². The van der Waals surface area contributed by atoms with Crippen molar-refractivity contribution in [3.8, 4) is 0 Å². The zero-order valence-electron chi connectivity index (χ0n) is 18.6. The largest absolute Gasteiger partial charge is 0.511 e. The van der Waals surface area contributed by atoms with Crippen LogP contribution in [0, 0.1) is 24.7 Å². The molecule has 4 atom stereocenters. The summed E-state index contributed by atoms with van der Waals surface area (Å²) in [7, 11) is 0. The lowest BCUT2D eigenvalue weighted by Crippen LogP contribution is -2.38. The molecule has 0 amide bonds. The molecule has 0 fully saturated rings. The van der Waals surface area contributed by atoms with Crippen LogP contribution in [0.3, 0.4) is 0 Å². The van der Waals surface area contributed by atoms with Crippen molar-refractivity contribution < 1.29 is 14.3 Å². The number of aryl methyl sites for hydroxylation is 2. The van der Waals surface area contributed by atoms with Crippen LogP contribution >= 0.6 is 0 Å². The molecule has 0 saturated carbocycles. The van der Waals surface area contributed by atoms with Crippen LogP contribution in [0.1, 0.15) is 81.0 Å². The molecule has 1 aromatic rings. The van der Waals surface area contributed by atoms with Gasteiger partial charge in [-0.25, -0.2) is 4.39 Å². The average Bonchev–Trinajstić information content (AvgIpc) is 2.71. The lowest BCUT2D eigenvalue weighted by molar-refractivity contribution is -0.116. The Hall–Kier alpha value is -2.16. The van der Waals surface area contributed by atoms with Crippen LogP contribution in [0.25, 0.3) is 5.57 Å². The second-order valence-electron chi connectivity index (χ2n) is 9.56. The zero-order chi connectivity index (χ0) is 21.6. The fraction of sp³-hybridized carbons (Fsp3) is 0.519. The molecule has 2 bridgehead atoms. The van der Waals surface area contributed by atoms with Crippen molar-refractivity contribution in [1.82, 2.24) is 0 Å². The summed E-state index contributed by atoms with van der Waals surface area (Å²) in [6.45, 7) is 8.65. The van der Waals surface area contributed by atoms with Gasteiger partial charge in [-0.1, -0.05) is 50.1 Å². The Kier molecular flexibility index (Phi) is 5.74. The van der Waals surface area contributed by atoms with E-state index in [9.17, 15) is 14.3 Å². The first-order chi connectivity index (χ1) is 14.3. The minimum Gasteiger partial charge on any atom is -0.511 e. The van der Waals surface area contributed by atoms with Gasteiger partial charge in [-0.2, -0.15) is 0 Å². The van der Waals surface area contributed by atoms with Gasteiger partial charge in [0.15, 0.2) is 5.78 Å². The van der Waals surface area contributed by atoms with Crippen LogP contribution in [0.4, 0.5) is 4.39 Å². The molecule has 4 rings (SSSR count). The van der Waals surface area contributed by atoms with Gasteiger partial charge in [0.25, 0.3) is 0 Å². The monoisotopic (exact) mass is 408 g/mol. The molecule has 0 radical (unpaired) electrons. The summed E-state index contributed by atoms with van der Waals surface area (Å²) >= 11 is 0. The Morgan fingerprint density at radius 1 is 1.23 bits per heavy atom. The molecule has 3 aliphatic rings. The van der Waals surface area contributed by atoms with Crippen molar-refractivity contribution in [2.75, 3.05) is 0 Å². The molecule has 0 saturated heterocycles. The first kappa shape index (κ1) is 21.1. The van der Waals surface area contributed by atoms with Crippen molar-refractivity contribution in [3.05, 3.63) is 63.7 Å². The fourth-order valence-corrected chi connectivity index (χ4v) is 5.90. The second kappa shape index (κ2) is 8.17. The van der Waals surface area contributed by atoms with Crippen LogP contribution in [-0.2, 0) is 11.2 Å². The number of allylic oxidation sites excluding steroid dienone is 6. The number of carbonyl (C=O) groups excluding carboxylic acids is 1. The van der Waals surface area contributed by atoms with E-state index in [2.05, 4.69) is 39.8 Å². The van der Waals surface area contributed by atoms with Crippen LogP contribution in [-0.4, -0.2) is 10.9 Å². The second-order valence-corrected chi connectivity index (χ2v) is 9.56. The van der Waals surface area contributed by atoms with Crippen LogP contribution in [0.5, 0.6) is 0 Å². The lowest BCUT2D eigenvalue weighted by Gasteiger charge is -2.44. The molecule has 3 heteroatoms. The molecule has 3 aliphatic carbocycles. The van der Waals surface area contributed by atoms with E-state index in [-0.39, 0.29) is 29.4 Å². The van der Waals surface area contributed by atoms with Gasteiger partial charge in [-0.15, -0.1) is 0 Å². The number of ketones is 1. The van der Waals surface area contributed by atoms with Gasteiger partial charge >= 0.3 is 0 Å². The quantitative estimate of drug-likeness (QED) is 0.562. The number of hydrogen-bond acceptors (Lipinski definition) is 2. The van der Waals surface area contributed by atoms with Crippen LogP contribution in [0.2, 0.25) is 0 Å². The SMILES string of the molecule is CCc1cc(C)cc2c1C1=C(O)C(C([C@H](C)CCC3=CC=C(F)CC3)CC1=O)[C@H]2C. The molecule has 2 unspecified atom stereocenters. The highest BCUT2D eigenvalue weighted by atomic mass is 19.1. The Bertz CT molecular complexity index is 965. The number of carbonyl (C=O) groups is 1. The molecule has 0 aliphatic heterocycles. The van der Waals surface area contributed by atoms with Gasteiger partial charge in [-0.3, -0.25) is 4.79 Å². The van der Waals surface area contributed by atoms with Crippen LogP contribution < -0.4 is 0 Å². The summed E-state index contributed by atoms with van der Waals surface area (Å²) in [5.74, 6) is 1.04. The summed E-state index contributed by atoms with van der Waals surface area (Å²) in [5.41, 5.74) is 6.49. The van der Waals surface area contributed by atoms with E-state index in [1.54, 1.807) is 6.08 Å². The smallest absolute Gasteiger partial charge is 0.167 e. The Labute approximate surface area is 179 Å². The first-order valence-electron chi connectivity index (χ1n) is 11.5. The number of aliphatic hydroxyl groups is 1.